The molecule has 0 spiro atoms. The van der Waals surface area contributed by atoms with E-state index in [1.165, 1.54) is 7.11 Å². The third kappa shape index (κ3) is 4.94. The molecule has 104 valence electrons. The van der Waals surface area contributed by atoms with Crippen molar-refractivity contribution in [2.24, 2.45) is 5.92 Å². The van der Waals surface area contributed by atoms with Gasteiger partial charge in [0.25, 0.3) is 0 Å². The van der Waals surface area contributed by atoms with Gasteiger partial charge in [0.2, 0.25) is 0 Å². The molecule has 1 rings (SSSR count). The van der Waals surface area contributed by atoms with Crippen LogP contribution in [0.15, 0.2) is 0 Å². The summed E-state index contributed by atoms with van der Waals surface area (Å²) in [6, 6.07) is 0.0253. The van der Waals surface area contributed by atoms with Crippen molar-refractivity contribution in [2.45, 2.75) is 58.0 Å². The number of rotatable bonds is 2. The Labute approximate surface area is 109 Å². The highest BCUT2D eigenvalue weighted by Gasteiger charge is 2.28. The number of nitrogens with one attached hydrogen (secondary N) is 2. The van der Waals surface area contributed by atoms with Crippen LogP contribution in [-0.4, -0.2) is 30.7 Å². The Morgan fingerprint density at radius 2 is 1.67 bits per heavy atom. The minimum Gasteiger partial charge on any atom is -0.469 e. The van der Waals surface area contributed by atoms with Gasteiger partial charge < -0.3 is 15.4 Å². The zero-order chi connectivity index (χ0) is 13.8. The lowest BCUT2D eigenvalue weighted by Gasteiger charge is -2.29. The van der Waals surface area contributed by atoms with Crippen molar-refractivity contribution >= 4 is 12.0 Å². The van der Waals surface area contributed by atoms with E-state index in [9.17, 15) is 9.59 Å². The average molecular weight is 256 g/mol. The second-order valence-corrected chi connectivity index (χ2v) is 5.92. The second-order valence-electron chi connectivity index (χ2n) is 5.92. The first-order valence-electron chi connectivity index (χ1n) is 6.48. The maximum absolute atomic E-state index is 11.7. The van der Waals surface area contributed by atoms with Gasteiger partial charge in [-0.05, 0) is 46.5 Å². The molecule has 0 aliphatic heterocycles. The van der Waals surface area contributed by atoms with Crippen molar-refractivity contribution in [3.8, 4) is 0 Å². The largest absolute Gasteiger partial charge is 0.469 e. The first-order chi connectivity index (χ1) is 8.31. The van der Waals surface area contributed by atoms with Crippen LogP contribution in [0.25, 0.3) is 0 Å². The molecule has 0 aromatic carbocycles. The molecule has 1 fully saturated rings. The van der Waals surface area contributed by atoms with Crippen LogP contribution in [0.3, 0.4) is 0 Å². The Bertz CT molecular complexity index is 302. The zero-order valence-electron chi connectivity index (χ0n) is 11.7. The van der Waals surface area contributed by atoms with Crippen molar-refractivity contribution in [3.63, 3.8) is 0 Å². The number of hydrogen-bond acceptors (Lipinski definition) is 3. The fraction of sp³-hybridized carbons (Fsp3) is 0.846. The Morgan fingerprint density at radius 1 is 1.11 bits per heavy atom. The molecule has 1 aliphatic rings. The van der Waals surface area contributed by atoms with Gasteiger partial charge in [-0.25, -0.2) is 4.79 Å². The third-order valence-corrected chi connectivity index (χ3v) is 3.09. The topological polar surface area (TPSA) is 67.4 Å². The van der Waals surface area contributed by atoms with Crippen LogP contribution < -0.4 is 10.6 Å². The molecule has 5 heteroatoms. The van der Waals surface area contributed by atoms with Gasteiger partial charge in [-0.1, -0.05) is 0 Å². The molecule has 0 saturated heterocycles. The molecule has 1 saturated carbocycles. The van der Waals surface area contributed by atoms with E-state index in [1.807, 2.05) is 20.8 Å². The van der Waals surface area contributed by atoms with Crippen molar-refractivity contribution in [1.29, 1.82) is 0 Å². The summed E-state index contributed by atoms with van der Waals surface area (Å²) in [6.45, 7) is 5.84. The van der Waals surface area contributed by atoms with Crippen molar-refractivity contribution in [3.05, 3.63) is 0 Å². The molecule has 0 aromatic heterocycles. The Kier molecular flexibility index (Phi) is 4.99. The summed E-state index contributed by atoms with van der Waals surface area (Å²) in [4.78, 5) is 23.0. The number of methoxy groups -OCH3 is 1. The summed E-state index contributed by atoms with van der Waals surface area (Å²) in [5.74, 6) is -0.133. The lowest BCUT2D eigenvalue weighted by Crippen LogP contribution is -2.50. The smallest absolute Gasteiger partial charge is 0.315 e. The quantitative estimate of drug-likeness (QED) is 0.740. The standard InChI is InChI=1S/C13H24N2O3/c1-13(2,3)15-12(17)14-10-7-5-9(6-8-10)11(16)18-4/h9-10H,5-8H2,1-4H3,(H2,14,15,17). The summed E-state index contributed by atoms with van der Waals surface area (Å²) in [6.07, 6.45) is 3.23. The number of ether oxygens (including phenoxy) is 1. The minimum atomic E-state index is -0.229. The van der Waals surface area contributed by atoms with Gasteiger partial charge in [-0.3, -0.25) is 4.79 Å². The highest BCUT2D eigenvalue weighted by molar-refractivity contribution is 5.75. The van der Waals surface area contributed by atoms with Crippen LogP contribution in [0.4, 0.5) is 4.79 Å². The maximum atomic E-state index is 11.7. The Morgan fingerprint density at radius 3 is 2.11 bits per heavy atom. The highest BCUT2D eigenvalue weighted by atomic mass is 16.5. The molecular weight excluding hydrogens is 232 g/mol. The third-order valence-electron chi connectivity index (χ3n) is 3.09. The molecule has 5 nitrogen and oxygen atoms in total. The van der Waals surface area contributed by atoms with Crippen LogP contribution in [0.5, 0.6) is 0 Å². The Balaban J connectivity index is 2.31. The summed E-state index contributed by atoms with van der Waals surface area (Å²) in [7, 11) is 1.42. The van der Waals surface area contributed by atoms with Gasteiger partial charge in [0, 0.05) is 11.6 Å². The van der Waals surface area contributed by atoms with Gasteiger partial charge in [-0.15, -0.1) is 0 Å². The number of urea groups is 1. The molecule has 0 radical (unpaired) electrons. The molecule has 0 aromatic rings. The lowest BCUT2D eigenvalue weighted by molar-refractivity contribution is -0.146. The SMILES string of the molecule is COC(=O)C1CCC(NC(=O)NC(C)(C)C)CC1. The lowest BCUT2D eigenvalue weighted by atomic mass is 9.86. The molecular formula is C13H24N2O3. The summed E-state index contributed by atoms with van der Waals surface area (Å²) in [5, 5.41) is 5.82. The predicted molar refractivity (Wildman–Crippen MR) is 69.2 cm³/mol. The molecule has 18 heavy (non-hydrogen) atoms. The molecule has 0 unspecified atom stereocenters. The van der Waals surface area contributed by atoms with Crippen LogP contribution >= 0.6 is 0 Å². The predicted octanol–water partition coefficient (Wildman–Crippen LogP) is 1.82. The monoisotopic (exact) mass is 256 g/mol. The summed E-state index contributed by atoms with van der Waals surface area (Å²) < 4.78 is 4.73. The number of carbonyl (C=O) groups is 2. The van der Waals surface area contributed by atoms with E-state index in [1.54, 1.807) is 0 Å². The van der Waals surface area contributed by atoms with Crippen LogP contribution in [0.2, 0.25) is 0 Å². The number of carbonyl (C=O) groups excluding carboxylic acids is 2. The van der Waals surface area contributed by atoms with Gasteiger partial charge in [0.05, 0.1) is 13.0 Å². The van der Waals surface area contributed by atoms with Crippen LogP contribution in [-0.2, 0) is 9.53 Å². The number of hydrogen-bond donors (Lipinski definition) is 2. The van der Waals surface area contributed by atoms with Crippen molar-refractivity contribution < 1.29 is 14.3 Å². The molecule has 0 bridgehead atoms. The molecule has 1 aliphatic carbocycles. The molecule has 0 heterocycles. The summed E-state index contributed by atoms with van der Waals surface area (Å²) in [5.41, 5.74) is -0.229. The van der Waals surface area contributed by atoms with Crippen LogP contribution in [0.1, 0.15) is 46.5 Å². The second kappa shape index (κ2) is 6.07. The average Bonchev–Trinajstić information content (AvgIpc) is 2.26. The van der Waals surface area contributed by atoms with E-state index in [0.717, 1.165) is 25.7 Å². The number of esters is 1. The molecule has 0 atom stereocenters. The normalized spacial score (nSPS) is 24.2. The van der Waals surface area contributed by atoms with E-state index in [-0.39, 0.29) is 29.5 Å². The van der Waals surface area contributed by atoms with Gasteiger partial charge in [-0.2, -0.15) is 0 Å². The maximum Gasteiger partial charge on any atom is 0.315 e. The van der Waals surface area contributed by atoms with Gasteiger partial charge in [0.1, 0.15) is 0 Å². The van der Waals surface area contributed by atoms with Gasteiger partial charge in [0.15, 0.2) is 0 Å². The minimum absolute atomic E-state index is 0.00118. The molecule has 2 amide bonds. The molecule has 2 N–H and O–H groups in total. The highest BCUT2D eigenvalue weighted by Crippen LogP contribution is 2.25. The fourth-order valence-corrected chi connectivity index (χ4v) is 2.20. The van der Waals surface area contributed by atoms with E-state index in [0.29, 0.717) is 0 Å². The van der Waals surface area contributed by atoms with Gasteiger partial charge >= 0.3 is 12.0 Å². The van der Waals surface area contributed by atoms with E-state index in [2.05, 4.69) is 10.6 Å². The zero-order valence-corrected chi connectivity index (χ0v) is 11.7. The first kappa shape index (κ1) is 14.8. The fourth-order valence-electron chi connectivity index (χ4n) is 2.20. The number of amides is 2. The Hall–Kier alpha value is -1.26. The first-order valence-corrected chi connectivity index (χ1v) is 6.48. The van der Waals surface area contributed by atoms with Crippen molar-refractivity contribution in [2.75, 3.05) is 7.11 Å². The van der Waals surface area contributed by atoms with E-state index < -0.39 is 0 Å². The summed E-state index contributed by atoms with van der Waals surface area (Å²) >= 11 is 0. The van der Waals surface area contributed by atoms with E-state index >= 15 is 0 Å². The van der Waals surface area contributed by atoms with Crippen LogP contribution in [0, 0.1) is 5.92 Å². The van der Waals surface area contributed by atoms with Crippen molar-refractivity contribution in [1.82, 2.24) is 10.6 Å². The van der Waals surface area contributed by atoms with E-state index in [4.69, 9.17) is 4.74 Å².